The minimum atomic E-state index is -2.69. The van der Waals surface area contributed by atoms with E-state index in [1.807, 2.05) is 0 Å². The van der Waals surface area contributed by atoms with E-state index in [-0.39, 0.29) is 19.9 Å². The van der Waals surface area contributed by atoms with Crippen molar-refractivity contribution in [1.82, 2.24) is 0 Å². The van der Waals surface area contributed by atoms with Gasteiger partial charge in [-0.1, -0.05) is 0 Å². The molecule has 0 aromatic heterocycles. The summed E-state index contributed by atoms with van der Waals surface area (Å²) in [6.07, 6.45) is 2.39. The molecule has 0 radical (unpaired) electrons. The third kappa shape index (κ3) is 5.50. The molecular weight excluding hydrogens is 558 g/mol. The van der Waals surface area contributed by atoms with E-state index in [4.69, 9.17) is 17.0 Å². The third-order valence-corrected chi connectivity index (χ3v) is 12.5. The fourth-order valence-corrected chi connectivity index (χ4v) is 10.3. The molecule has 0 bridgehead atoms. The molecule has 3 aromatic carbocycles. The van der Waals surface area contributed by atoms with Crippen LogP contribution in [0, 0.1) is 0 Å². The second kappa shape index (κ2) is 9.87. The maximum absolute atomic E-state index is 6.88. The van der Waals surface area contributed by atoms with Crippen LogP contribution in [-0.2, 0) is 35.6 Å². The van der Waals surface area contributed by atoms with Gasteiger partial charge in [0, 0.05) is 0 Å². The van der Waals surface area contributed by atoms with Gasteiger partial charge in [0.15, 0.2) is 0 Å². The van der Waals surface area contributed by atoms with E-state index < -0.39 is 19.4 Å². The van der Waals surface area contributed by atoms with Crippen molar-refractivity contribution in [3.63, 3.8) is 0 Å². The molecule has 1 aliphatic rings. The standard InChI is InChI=1S/C33H39.2ClH.Zr/c1-31(2,3)26-18-25(19-27(21-26)32(4,5)6)30-28-20-24(22-13-11-10-12-14-22)17-23(28)15-16-29(30)33(7,8)9;;;/h10-21H,1-9H3;2*1H;/q;;;+2/p-2. The van der Waals surface area contributed by atoms with E-state index in [1.165, 1.54) is 50.1 Å². The number of rotatable bonds is 3. The number of hydrogen-bond acceptors (Lipinski definition) is 0. The molecule has 1 unspecified atom stereocenters. The minimum absolute atomic E-state index is 0.00759. The second-order valence-electron chi connectivity index (χ2n) is 13.2. The zero-order valence-corrected chi connectivity index (χ0v) is 27.2. The average molecular weight is 598 g/mol. The van der Waals surface area contributed by atoms with Crippen LogP contribution in [0.2, 0.25) is 0 Å². The quantitative estimate of drug-likeness (QED) is 0.282. The summed E-state index contributed by atoms with van der Waals surface area (Å²) in [6.45, 7) is 20.8. The summed E-state index contributed by atoms with van der Waals surface area (Å²) in [5.74, 6) is 0. The van der Waals surface area contributed by atoms with E-state index >= 15 is 0 Å². The van der Waals surface area contributed by atoms with Crippen molar-refractivity contribution in [2.45, 2.75) is 82.2 Å². The Morgan fingerprint density at radius 1 is 0.639 bits per heavy atom. The normalized spacial score (nSPS) is 16.1. The summed E-state index contributed by atoms with van der Waals surface area (Å²) < 4.78 is 0.133. The predicted molar refractivity (Wildman–Crippen MR) is 157 cm³/mol. The molecule has 1 atom stereocenters. The molecule has 0 spiro atoms. The van der Waals surface area contributed by atoms with E-state index in [0.29, 0.717) is 0 Å². The van der Waals surface area contributed by atoms with Gasteiger partial charge in [-0.15, -0.1) is 0 Å². The van der Waals surface area contributed by atoms with Crippen LogP contribution in [0.25, 0.3) is 22.8 Å². The van der Waals surface area contributed by atoms with Crippen molar-refractivity contribution in [3.05, 3.63) is 94.0 Å². The van der Waals surface area contributed by atoms with Gasteiger partial charge in [0.25, 0.3) is 0 Å². The third-order valence-electron chi connectivity index (χ3n) is 7.29. The van der Waals surface area contributed by atoms with Gasteiger partial charge < -0.3 is 0 Å². The fraction of sp³-hybridized carbons (Fsp3) is 0.394. The molecule has 3 heteroatoms. The summed E-state index contributed by atoms with van der Waals surface area (Å²) in [4.78, 5) is 0. The molecule has 0 saturated heterocycles. The SMILES string of the molecule is CC(C)(C)c1cc(-c2c(C(C)(C)C)ccc3c2C=C(c2ccccc2)[CH]3[Zr]([Cl])[Cl])cc(C(C)(C)C)c1. The van der Waals surface area contributed by atoms with E-state index in [1.54, 1.807) is 0 Å². The number of hydrogen-bond donors (Lipinski definition) is 0. The molecule has 36 heavy (non-hydrogen) atoms. The Kier molecular flexibility index (Phi) is 7.65. The first-order valence-electron chi connectivity index (χ1n) is 12.9. The van der Waals surface area contributed by atoms with E-state index in [9.17, 15) is 0 Å². The number of allylic oxidation sites excluding steroid dienone is 1. The van der Waals surface area contributed by atoms with Crippen molar-refractivity contribution in [3.8, 4) is 11.1 Å². The van der Waals surface area contributed by atoms with Crippen LogP contribution in [0.4, 0.5) is 0 Å². The molecule has 0 nitrogen and oxygen atoms in total. The van der Waals surface area contributed by atoms with Gasteiger partial charge in [-0.25, -0.2) is 0 Å². The van der Waals surface area contributed by atoms with Gasteiger partial charge in [0.05, 0.1) is 0 Å². The van der Waals surface area contributed by atoms with Crippen molar-refractivity contribution in [1.29, 1.82) is 0 Å². The summed E-state index contributed by atoms with van der Waals surface area (Å²) in [5, 5.41) is 0. The first-order chi connectivity index (χ1) is 16.6. The molecule has 0 heterocycles. The molecule has 4 rings (SSSR count). The van der Waals surface area contributed by atoms with E-state index in [2.05, 4.69) is 129 Å². The average Bonchev–Trinajstić information content (AvgIpc) is 3.17. The zero-order valence-electron chi connectivity index (χ0n) is 23.2. The van der Waals surface area contributed by atoms with Crippen molar-refractivity contribution < 1.29 is 19.4 Å². The second-order valence-corrected chi connectivity index (χ2v) is 22.0. The van der Waals surface area contributed by atoms with Crippen LogP contribution >= 0.6 is 17.0 Å². The van der Waals surface area contributed by atoms with Crippen LogP contribution < -0.4 is 0 Å². The summed E-state index contributed by atoms with van der Waals surface area (Å²) in [5.41, 5.74) is 11.9. The Morgan fingerprint density at radius 2 is 1.19 bits per heavy atom. The molecule has 0 N–H and O–H groups in total. The predicted octanol–water partition coefficient (Wildman–Crippen LogP) is 10.8. The Bertz CT molecular complexity index is 1260. The molecule has 3 aromatic rings. The molecule has 189 valence electrons. The Balaban J connectivity index is 2.10. The number of fused-ring (bicyclic) bond motifs is 1. The van der Waals surface area contributed by atoms with Crippen molar-refractivity contribution >= 4 is 28.7 Å². The monoisotopic (exact) mass is 595 g/mol. The van der Waals surface area contributed by atoms with Crippen LogP contribution in [0.15, 0.2) is 60.7 Å². The Hall–Kier alpha value is -1.14. The first-order valence-corrected chi connectivity index (χ1v) is 20.6. The summed E-state index contributed by atoms with van der Waals surface area (Å²) in [6, 6.07) is 22.5. The van der Waals surface area contributed by atoms with Gasteiger partial charge in [0.2, 0.25) is 0 Å². The molecule has 0 amide bonds. The Labute approximate surface area is 233 Å². The first kappa shape index (κ1) is 27.9. The van der Waals surface area contributed by atoms with Crippen LogP contribution in [0.5, 0.6) is 0 Å². The van der Waals surface area contributed by atoms with E-state index in [0.717, 1.165) is 0 Å². The summed E-state index contributed by atoms with van der Waals surface area (Å²) >= 11 is -2.69. The molecule has 0 aliphatic heterocycles. The zero-order chi connectivity index (χ0) is 26.6. The summed E-state index contributed by atoms with van der Waals surface area (Å²) in [7, 11) is 13.8. The fourth-order valence-electron chi connectivity index (χ4n) is 5.14. The Morgan fingerprint density at radius 3 is 1.67 bits per heavy atom. The maximum atomic E-state index is 6.88. The van der Waals surface area contributed by atoms with Gasteiger partial charge >= 0.3 is 235 Å². The molecule has 1 aliphatic carbocycles. The van der Waals surface area contributed by atoms with Crippen molar-refractivity contribution in [2.75, 3.05) is 0 Å². The topological polar surface area (TPSA) is 0 Å². The van der Waals surface area contributed by atoms with Gasteiger partial charge in [-0.2, -0.15) is 0 Å². The number of halogens is 2. The van der Waals surface area contributed by atoms with Gasteiger partial charge in [-0.3, -0.25) is 0 Å². The van der Waals surface area contributed by atoms with Gasteiger partial charge in [-0.05, 0) is 0 Å². The van der Waals surface area contributed by atoms with Crippen molar-refractivity contribution in [2.24, 2.45) is 0 Å². The van der Waals surface area contributed by atoms with Gasteiger partial charge in [0.1, 0.15) is 0 Å². The molecule has 0 fully saturated rings. The van der Waals surface area contributed by atoms with Crippen LogP contribution in [0.3, 0.4) is 0 Å². The van der Waals surface area contributed by atoms with Crippen LogP contribution in [0.1, 0.15) is 99.3 Å². The molecular formula is C33H39Cl2Zr. The number of benzene rings is 3. The van der Waals surface area contributed by atoms with Crippen LogP contribution in [-0.4, -0.2) is 0 Å². The molecule has 0 saturated carbocycles.